The van der Waals surface area contributed by atoms with Crippen LogP contribution in [0.4, 0.5) is 5.69 Å². The van der Waals surface area contributed by atoms with Gasteiger partial charge in [0, 0.05) is 18.7 Å². The smallest absolute Gasteiger partial charge is 0.195 e. The van der Waals surface area contributed by atoms with Crippen LogP contribution in [0, 0.1) is 0 Å². The number of anilines is 1. The van der Waals surface area contributed by atoms with Gasteiger partial charge in [-0.1, -0.05) is 38.1 Å². The van der Waals surface area contributed by atoms with Crippen LogP contribution in [0.15, 0.2) is 46.9 Å². The minimum Gasteiger partial charge on any atom is -0.441 e. The van der Waals surface area contributed by atoms with E-state index in [0.29, 0.717) is 0 Å². The number of oxazole rings is 1. The molecule has 1 aromatic heterocycles. The molecule has 0 bridgehead atoms. The van der Waals surface area contributed by atoms with Crippen molar-refractivity contribution in [1.82, 2.24) is 4.98 Å². The maximum Gasteiger partial charge on any atom is 0.195 e. The van der Waals surface area contributed by atoms with Crippen LogP contribution >= 0.6 is 0 Å². The summed E-state index contributed by atoms with van der Waals surface area (Å²) in [5.74, 6) is 0.790. The van der Waals surface area contributed by atoms with Crippen molar-refractivity contribution >= 4 is 16.8 Å². The molecule has 0 aliphatic rings. The molecular formula is C18H20N2O. The lowest BCUT2D eigenvalue weighted by molar-refractivity contribution is 0.538. The fraction of sp³-hybridized carbons (Fsp3) is 0.278. The van der Waals surface area contributed by atoms with Crippen molar-refractivity contribution in [3.8, 4) is 0 Å². The van der Waals surface area contributed by atoms with Gasteiger partial charge in [0.25, 0.3) is 0 Å². The lowest BCUT2D eigenvalue weighted by Crippen LogP contribution is -2.02. The summed E-state index contributed by atoms with van der Waals surface area (Å²) < 4.78 is 5.63. The molecule has 1 N–H and O–H groups in total. The molecule has 3 nitrogen and oxygen atoms in total. The molecule has 3 rings (SSSR count). The lowest BCUT2D eigenvalue weighted by atomic mass is 10.1. The zero-order valence-corrected chi connectivity index (χ0v) is 12.5. The second-order valence-corrected chi connectivity index (χ2v) is 5.12. The van der Waals surface area contributed by atoms with E-state index >= 15 is 0 Å². The van der Waals surface area contributed by atoms with Gasteiger partial charge in [-0.2, -0.15) is 0 Å². The summed E-state index contributed by atoms with van der Waals surface area (Å²) in [5, 5.41) is 3.47. The average Bonchev–Trinajstić information content (AvgIpc) is 2.95. The molecule has 0 atom stereocenters. The summed E-state index contributed by atoms with van der Waals surface area (Å²) in [6.07, 6.45) is 1.88. The van der Waals surface area contributed by atoms with Crippen molar-refractivity contribution in [2.45, 2.75) is 33.2 Å². The predicted molar refractivity (Wildman–Crippen MR) is 86.5 cm³/mol. The Kier molecular flexibility index (Phi) is 3.91. The topological polar surface area (TPSA) is 38.1 Å². The molecule has 1 heterocycles. The zero-order chi connectivity index (χ0) is 14.7. The monoisotopic (exact) mass is 280 g/mol. The molecule has 0 spiro atoms. The molecule has 0 saturated heterocycles. The van der Waals surface area contributed by atoms with Crippen molar-refractivity contribution in [2.24, 2.45) is 0 Å². The van der Waals surface area contributed by atoms with Crippen LogP contribution in [-0.4, -0.2) is 4.98 Å². The number of rotatable bonds is 5. The van der Waals surface area contributed by atoms with Crippen LogP contribution in [0.1, 0.15) is 30.9 Å². The average molecular weight is 280 g/mol. The van der Waals surface area contributed by atoms with Gasteiger partial charge in [-0.05, 0) is 35.7 Å². The fourth-order valence-electron chi connectivity index (χ4n) is 2.51. The second-order valence-electron chi connectivity index (χ2n) is 5.12. The molecule has 0 radical (unpaired) electrons. The van der Waals surface area contributed by atoms with E-state index in [2.05, 4.69) is 41.5 Å². The quantitative estimate of drug-likeness (QED) is 0.744. The molecule has 2 aromatic carbocycles. The molecule has 3 heteroatoms. The Hall–Kier alpha value is -2.29. The van der Waals surface area contributed by atoms with Crippen molar-refractivity contribution < 1.29 is 4.42 Å². The van der Waals surface area contributed by atoms with E-state index in [-0.39, 0.29) is 0 Å². The molecule has 0 unspecified atom stereocenters. The first-order valence-electron chi connectivity index (χ1n) is 7.50. The van der Waals surface area contributed by atoms with E-state index in [0.717, 1.165) is 42.1 Å². The normalized spacial score (nSPS) is 11.0. The number of hydrogen-bond donors (Lipinski definition) is 1. The third-order valence-corrected chi connectivity index (χ3v) is 3.72. The highest BCUT2D eigenvalue weighted by molar-refractivity contribution is 5.77. The highest BCUT2D eigenvalue weighted by Crippen LogP contribution is 2.21. The Bertz CT molecular complexity index is 746. The summed E-state index contributed by atoms with van der Waals surface area (Å²) in [4.78, 5) is 4.47. The van der Waals surface area contributed by atoms with Crippen LogP contribution in [0.5, 0.6) is 0 Å². The molecule has 108 valence electrons. The molecule has 0 fully saturated rings. The minimum absolute atomic E-state index is 0.790. The van der Waals surface area contributed by atoms with Gasteiger partial charge >= 0.3 is 0 Å². The van der Waals surface area contributed by atoms with Crippen molar-refractivity contribution in [1.29, 1.82) is 0 Å². The summed E-state index contributed by atoms with van der Waals surface area (Å²) in [6, 6.07) is 14.6. The Morgan fingerprint density at radius 3 is 2.57 bits per heavy atom. The third kappa shape index (κ3) is 2.92. The number of aromatic nitrogens is 1. The Labute approximate surface area is 125 Å². The van der Waals surface area contributed by atoms with Crippen molar-refractivity contribution in [3.63, 3.8) is 0 Å². The number of benzene rings is 2. The maximum atomic E-state index is 5.63. The first-order valence-corrected chi connectivity index (χ1v) is 7.50. The van der Waals surface area contributed by atoms with E-state index in [1.165, 1.54) is 11.1 Å². The summed E-state index contributed by atoms with van der Waals surface area (Å²) >= 11 is 0. The molecule has 0 saturated carbocycles. The second kappa shape index (κ2) is 6.00. The number of fused-ring (bicyclic) bond motifs is 1. The van der Waals surface area contributed by atoms with Crippen LogP contribution in [0.2, 0.25) is 0 Å². The van der Waals surface area contributed by atoms with Crippen LogP contribution in [-0.2, 0) is 19.4 Å². The maximum absolute atomic E-state index is 5.63. The SMILES string of the molecule is CCc1nc2cc(NCc3ccccc3CC)ccc2o1. The first-order chi connectivity index (χ1) is 10.3. The van der Waals surface area contributed by atoms with Crippen molar-refractivity contribution in [3.05, 3.63) is 59.5 Å². The van der Waals surface area contributed by atoms with Gasteiger partial charge in [0.05, 0.1) is 0 Å². The molecule has 3 aromatic rings. The number of nitrogens with one attached hydrogen (secondary N) is 1. The highest BCUT2D eigenvalue weighted by atomic mass is 16.3. The third-order valence-electron chi connectivity index (χ3n) is 3.72. The number of hydrogen-bond acceptors (Lipinski definition) is 3. The predicted octanol–water partition coefficient (Wildman–Crippen LogP) is 4.56. The van der Waals surface area contributed by atoms with Gasteiger partial charge in [-0.25, -0.2) is 4.98 Å². The highest BCUT2D eigenvalue weighted by Gasteiger charge is 2.05. The Morgan fingerprint density at radius 1 is 1.00 bits per heavy atom. The molecule has 21 heavy (non-hydrogen) atoms. The molecule has 0 aliphatic heterocycles. The molecule has 0 amide bonds. The lowest BCUT2D eigenvalue weighted by Gasteiger charge is -2.10. The summed E-state index contributed by atoms with van der Waals surface area (Å²) in [7, 11) is 0. The van der Waals surface area contributed by atoms with E-state index in [1.807, 2.05) is 25.1 Å². The van der Waals surface area contributed by atoms with Gasteiger partial charge in [-0.15, -0.1) is 0 Å². The Balaban J connectivity index is 1.78. The van der Waals surface area contributed by atoms with Gasteiger partial charge in [0.15, 0.2) is 11.5 Å². The molecular weight excluding hydrogens is 260 g/mol. The number of aryl methyl sites for hydroxylation is 2. The number of nitrogens with zero attached hydrogens (tertiary/aromatic N) is 1. The summed E-state index contributed by atoms with van der Waals surface area (Å²) in [6.45, 7) is 5.06. The van der Waals surface area contributed by atoms with E-state index in [4.69, 9.17) is 4.42 Å². The van der Waals surface area contributed by atoms with Gasteiger partial charge in [0.2, 0.25) is 0 Å². The summed E-state index contributed by atoms with van der Waals surface area (Å²) in [5.41, 5.74) is 5.58. The standard InChI is InChI=1S/C18H20N2O/c1-3-13-7-5-6-8-14(13)12-19-15-9-10-17-16(11-15)20-18(4-2)21-17/h5-11,19H,3-4,12H2,1-2H3. The van der Waals surface area contributed by atoms with Crippen LogP contribution < -0.4 is 5.32 Å². The Morgan fingerprint density at radius 2 is 1.81 bits per heavy atom. The van der Waals surface area contributed by atoms with E-state index in [9.17, 15) is 0 Å². The largest absolute Gasteiger partial charge is 0.441 e. The van der Waals surface area contributed by atoms with Gasteiger partial charge in [-0.3, -0.25) is 0 Å². The van der Waals surface area contributed by atoms with Crippen LogP contribution in [0.3, 0.4) is 0 Å². The van der Waals surface area contributed by atoms with E-state index in [1.54, 1.807) is 0 Å². The first kappa shape index (κ1) is 13.7. The zero-order valence-electron chi connectivity index (χ0n) is 12.5. The minimum atomic E-state index is 0.790. The fourth-order valence-corrected chi connectivity index (χ4v) is 2.51. The van der Waals surface area contributed by atoms with Crippen molar-refractivity contribution in [2.75, 3.05) is 5.32 Å². The van der Waals surface area contributed by atoms with Crippen LogP contribution in [0.25, 0.3) is 11.1 Å². The van der Waals surface area contributed by atoms with E-state index < -0.39 is 0 Å². The van der Waals surface area contributed by atoms with Gasteiger partial charge in [0.1, 0.15) is 5.52 Å². The van der Waals surface area contributed by atoms with Gasteiger partial charge < -0.3 is 9.73 Å². The molecule has 0 aliphatic carbocycles.